The van der Waals surface area contributed by atoms with Gasteiger partial charge in [-0.15, -0.1) is 0 Å². The van der Waals surface area contributed by atoms with Gasteiger partial charge < -0.3 is 0 Å². The van der Waals surface area contributed by atoms with Gasteiger partial charge in [-0.25, -0.2) is 0 Å². The minimum Gasteiger partial charge on any atom is -0.0824 e. The molecule has 3 rings (SSSR count). The fourth-order valence-electron chi connectivity index (χ4n) is 2.33. The standard InChI is InChI=1S/C16H12Cl2/c1-2-10-7-13-8-11-5-3-4-6-12(11)9-14(13)16(18)15(10)17/h3-9H,2H2,1H3. The van der Waals surface area contributed by atoms with Gasteiger partial charge in [0, 0.05) is 5.39 Å². The van der Waals surface area contributed by atoms with E-state index < -0.39 is 0 Å². The van der Waals surface area contributed by atoms with Gasteiger partial charge in [0.1, 0.15) is 0 Å². The summed E-state index contributed by atoms with van der Waals surface area (Å²) in [5.41, 5.74) is 1.10. The summed E-state index contributed by atoms with van der Waals surface area (Å²) < 4.78 is 0. The minimum absolute atomic E-state index is 0.664. The summed E-state index contributed by atoms with van der Waals surface area (Å²) in [5.74, 6) is 0. The molecule has 0 bridgehead atoms. The van der Waals surface area contributed by atoms with Crippen LogP contribution in [-0.2, 0) is 6.42 Å². The van der Waals surface area contributed by atoms with Crippen LogP contribution in [0.25, 0.3) is 21.5 Å². The molecule has 0 aliphatic heterocycles. The monoisotopic (exact) mass is 274 g/mol. The van der Waals surface area contributed by atoms with Gasteiger partial charge in [-0.2, -0.15) is 0 Å². The number of fused-ring (bicyclic) bond motifs is 2. The number of aryl methyl sites for hydroxylation is 1. The lowest BCUT2D eigenvalue weighted by Gasteiger charge is -2.09. The van der Waals surface area contributed by atoms with Crippen LogP contribution in [0.4, 0.5) is 0 Å². The fourth-order valence-corrected chi connectivity index (χ4v) is 2.91. The number of benzene rings is 3. The average Bonchev–Trinajstić information content (AvgIpc) is 2.41. The molecule has 90 valence electrons. The van der Waals surface area contributed by atoms with Crippen LogP contribution in [0.2, 0.25) is 10.0 Å². The van der Waals surface area contributed by atoms with Crippen molar-refractivity contribution in [2.45, 2.75) is 13.3 Å². The van der Waals surface area contributed by atoms with E-state index in [0.29, 0.717) is 10.0 Å². The Hall–Kier alpha value is -1.24. The lowest BCUT2D eigenvalue weighted by molar-refractivity contribution is 1.15. The van der Waals surface area contributed by atoms with Crippen LogP contribution in [0.1, 0.15) is 12.5 Å². The Labute approximate surface area is 116 Å². The highest BCUT2D eigenvalue weighted by molar-refractivity contribution is 6.46. The van der Waals surface area contributed by atoms with E-state index in [9.17, 15) is 0 Å². The van der Waals surface area contributed by atoms with Crippen LogP contribution in [0.5, 0.6) is 0 Å². The van der Waals surface area contributed by atoms with Crippen molar-refractivity contribution in [3.63, 3.8) is 0 Å². The third-order valence-corrected chi connectivity index (χ3v) is 4.26. The Morgan fingerprint density at radius 3 is 2.17 bits per heavy atom. The Kier molecular flexibility index (Phi) is 2.93. The average molecular weight is 275 g/mol. The molecular weight excluding hydrogens is 263 g/mol. The summed E-state index contributed by atoms with van der Waals surface area (Å²) in [5, 5.41) is 5.94. The predicted octanol–water partition coefficient (Wildman–Crippen LogP) is 5.86. The third-order valence-electron chi connectivity index (χ3n) is 3.34. The normalized spacial score (nSPS) is 11.3. The first-order valence-electron chi connectivity index (χ1n) is 6.00. The van der Waals surface area contributed by atoms with Crippen molar-refractivity contribution in [1.29, 1.82) is 0 Å². The molecule has 18 heavy (non-hydrogen) atoms. The van der Waals surface area contributed by atoms with Crippen molar-refractivity contribution in [3.8, 4) is 0 Å². The van der Waals surface area contributed by atoms with Crippen molar-refractivity contribution in [1.82, 2.24) is 0 Å². The molecule has 0 amide bonds. The van der Waals surface area contributed by atoms with E-state index in [1.165, 1.54) is 10.8 Å². The van der Waals surface area contributed by atoms with E-state index in [1.807, 2.05) is 12.1 Å². The molecule has 0 saturated heterocycles. The zero-order valence-electron chi connectivity index (χ0n) is 10.0. The van der Waals surface area contributed by atoms with E-state index in [-0.39, 0.29) is 0 Å². The maximum absolute atomic E-state index is 6.38. The summed E-state index contributed by atoms with van der Waals surface area (Å²) >= 11 is 12.7. The second-order valence-electron chi connectivity index (χ2n) is 4.44. The van der Waals surface area contributed by atoms with E-state index >= 15 is 0 Å². The number of rotatable bonds is 1. The van der Waals surface area contributed by atoms with Crippen LogP contribution in [0.15, 0.2) is 42.5 Å². The Morgan fingerprint density at radius 2 is 1.50 bits per heavy atom. The van der Waals surface area contributed by atoms with Crippen molar-refractivity contribution < 1.29 is 0 Å². The van der Waals surface area contributed by atoms with Gasteiger partial charge in [0.2, 0.25) is 0 Å². The van der Waals surface area contributed by atoms with Crippen LogP contribution >= 0.6 is 23.2 Å². The molecule has 2 heteroatoms. The number of halogens is 2. The van der Waals surface area contributed by atoms with Crippen molar-refractivity contribution >= 4 is 44.7 Å². The van der Waals surface area contributed by atoms with Crippen LogP contribution in [0.3, 0.4) is 0 Å². The molecule has 0 fully saturated rings. The topological polar surface area (TPSA) is 0 Å². The Balaban J connectivity index is 2.46. The number of hydrogen-bond acceptors (Lipinski definition) is 0. The summed E-state index contributed by atoms with van der Waals surface area (Å²) in [6.45, 7) is 2.09. The highest BCUT2D eigenvalue weighted by atomic mass is 35.5. The molecule has 0 radical (unpaired) electrons. The van der Waals surface area contributed by atoms with Crippen LogP contribution in [0, 0.1) is 0 Å². The molecule has 0 aliphatic carbocycles. The Morgan fingerprint density at radius 1 is 0.833 bits per heavy atom. The molecule has 0 unspecified atom stereocenters. The quantitative estimate of drug-likeness (QED) is 0.488. The highest BCUT2D eigenvalue weighted by Gasteiger charge is 2.09. The molecule has 0 saturated carbocycles. The van der Waals surface area contributed by atoms with Gasteiger partial charge in [-0.3, -0.25) is 0 Å². The second kappa shape index (κ2) is 4.46. The van der Waals surface area contributed by atoms with Crippen LogP contribution < -0.4 is 0 Å². The minimum atomic E-state index is 0.664. The second-order valence-corrected chi connectivity index (χ2v) is 5.19. The maximum atomic E-state index is 6.38. The van der Waals surface area contributed by atoms with Gasteiger partial charge in [-0.1, -0.05) is 54.4 Å². The third kappa shape index (κ3) is 1.77. The smallest absolute Gasteiger partial charge is 0.0673 e. The summed E-state index contributed by atoms with van der Waals surface area (Å²) in [6, 6.07) is 14.7. The molecule has 0 atom stereocenters. The first-order chi connectivity index (χ1) is 8.70. The van der Waals surface area contributed by atoms with E-state index in [0.717, 1.165) is 22.8 Å². The van der Waals surface area contributed by atoms with Crippen LogP contribution in [-0.4, -0.2) is 0 Å². The molecular formula is C16H12Cl2. The SMILES string of the molecule is CCc1cc2cc3ccccc3cc2c(Cl)c1Cl. The van der Waals surface area contributed by atoms with E-state index in [4.69, 9.17) is 23.2 Å². The Bertz CT molecular complexity index is 745. The summed E-state index contributed by atoms with van der Waals surface area (Å²) in [6.07, 6.45) is 0.890. The van der Waals surface area contributed by atoms with E-state index in [2.05, 4.69) is 37.3 Å². The maximum Gasteiger partial charge on any atom is 0.0673 e. The molecule has 0 aliphatic rings. The van der Waals surface area contributed by atoms with E-state index in [1.54, 1.807) is 0 Å². The van der Waals surface area contributed by atoms with Gasteiger partial charge in [-0.05, 0) is 46.3 Å². The van der Waals surface area contributed by atoms with Gasteiger partial charge in [0.25, 0.3) is 0 Å². The fraction of sp³-hybridized carbons (Fsp3) is 0.125. The van der Waals surface area contributed by atoms with Gasteiger partial charge in [0.15, 0.2) is 0 Å². The molecule has 0 aromatic heterocycles. The summed E-state index contributed by atoms with van der Waals surface area (Å²) in [4.78, 5) is 0. The summed E-state index contributed by atoms with van der Waals surface area (Å²) in [7, 11) is 0. The molecule has 0 spiro atoms. The van der Waals surface area contributed by atoms with Gasteiger partial charge in [0.05, 0.1) is 10.0 Å². The molecule has 3 aromatic carbocycles. The molecule has 0 N–H and O–H groups in total. The highest BCUT2D eigenvalue weighted by Crippen LogP contribution is 2.36. The van der Waals surface area contributed by atoms with Crippen molar-refractivity contribution in [2.24, 2.45) is 0 Å². The lowest BCUT2D eigenvalue weighted by atomic mass is 10.0. The van der Waals surface area contributed by atoms with Crippen molar-refractivity contribution in [2.75, 3.05) is 0 Å². The van der Waals surface area contributed by atoms with Crippen molar-refractivity contribution in [3.05, 3.63) is 58.1 Å². The first-order valence-corrected chi connectivity index (χ1v) is 6.75. The molecule has 0 heterocycles. The van der Waals surface area contributed by atoms with Gasteiger partial charge >= 0.3 is 0 Å². The predicted molar refractivity (Wildman–Crippen MR) is 80.9 cm³/mol. The molecule has 0 nitrogen and oxygen atoms in total. The first kappa shape index (κ1) is 11.8. The lowest BCUT2D eigenvalue weighted by Crippen LogP contribution is -1.86. The number of hydrogen-bond donors (Lipinski definition) is 0. The molecule has 3 aromatic rings. The largest absolute Gasteiger partial charge is 0.0824 e. The zero-order valence-corrected chi connectivity index (χ0v) is 11.5. The zero-order chi connectivity index (χ0) is 12.7.